The van der Waals surface area contributed by atoms with Gasteiger partial charge in [0.15, 0.2) is 0 Å². The normalized spacial score (nSPS) is 10.7. The van der Waals surface area contributed by atoms with E-state index in [0.717, 1.165) is 32.4 Å². The van der Waals surface area contributed by atoms with Crippen LogP contribution < -0.4 is 5.32 Å². The van der Waals surface area contributed by atoms with E-state index in [1.807, 2.05) is 14.1 Å². The topological polar surface area (TPSA) is 41.6 Å². The van der Waals surface area contributed by atoms with Crippen LogP contribution in [0.4, 0.5) is 0 Å². The lowest BCUT2D eigenvalue weighted by molar-refractivity contribution is -0.142. The van der Waals surface area contributed by atoms with Crippen LogP contribution in [0.1, 0.15) is 26.2 Å². The molecule has 0 aliphatic rings. The smallest absolute Gasteiger partial charge is 0.319 e. The molecule has 0 saturated heterocycles. The molecule has 0 bridgehead atoms. The quantitative estimate of drug-likeness (QED) is 0.459. The summed E-state index contributed by atoms with van der Waals surface area (Å²) >= 11 is 0. The minimum atomic E-state index is -0.145. The van der Waals surface area contributed by atoms with Gasteiger partial charge < -0.3 is 15.0 Å². The summed E-state index contributed by atoms with van der Waals surface area (Å²) in [6.45, 7) is 4.86. The maximum atomic E-state index is 11.1. The van der Waals surface area contributed by atoms with E-state index >= 15 is 0 Å². The molecule has 0 amide bonds. The monoisotopic (exact) mass is 216 g/mol. The summed E-state index contributed by atoms with van der Waals surface area (Å²) in [5.74, 6) is -0.145. The Morgan fingerprint density at radius 3 is 2.67 bits per heavy atom. The van der Waals surface area contributed by atoms with E-state index < -0.39 is 0 Å². The standard InChI is InChI=1S/C11H24N2O2/c1-4-5-9-15-11(14)10-12-7-6-8-13(2)3/h12H,4-10H2,1-3H3. The first kappa shape index (κ1) is 14.4. The molecule has 0 heterocycles. The fraction of sp³-hybridized carbons (Fsp3) is 0.909. The van der Waals surface area contributed by atoms with Crippen molar-refractivity contribution in [2.24, 2.45) is 0 Å². The number of nitrogens with one attached hydrogen (secondary N) is 1. The lowest BCUT2D eigenvalue weighted by Crippen LogP contribution is -2.27. The van der Waals surface area contributed by atoms with Gasteiger partial charge in [-0.05, 0) is 40.0 Å². The zero-order valence-electron chi connectivity index (χ0n) is 10.2. The number of unbranched alkanes of at least 4 members (excludes halogenated alkanes) is 1. The summed E-state index contributed by atoms with van der Waals surface area (Å²) in [7, 11) is 4.08. The van der Waals surface area contributed by atoms with Crippen LogP contribution in [0.3, 0.4) is 0 Å². The minimum Gasteiger partial charge on any atom is -0.465 e. The van der Waals surface area contributed by atoms with Crippen molar-refractivity contribution in [3.63, 3.8) is 0 Å². The van der Waals surface area contributed by atoms with E-state index in [0.29, 0.717) is 13.2 Å². The zero-order valence-corrected chi connectivity index (χ0v) is 10.2. The molecule has 0 radical (unpaired) electrons. The van der Waals surface area contributed by atoms with Crippen LogP contribution in [-0.2, 0) is 9.53 Å². The molecule has 0 aliphatic heterocycles. The molecule has 0 rings (SSSR count). The lowest BCUT2D eigenvalue weighted by Gasteiger charge is -2.09. The van der Waals surface area contributed by atoms with Crippen molar-refractivity contribution in [2.75, 3.05) is 40.3 Å². The third-order valence-electron chi connectivity index (χ3n) is 1.99. The van der Waals surface area contributed by atoms with E-state index in [4.69, 9.17) is 4.74 Å². The minimum absolute atomic E-state index is 0.145. The van der Waals surface area contributed by atoms with Crippen molar-refractivity contribution in [3.8, 4) is 0 Å². The van der Waals surface area contributed by atoms with Gasteiger partial charge in [-0.1, -0.05) is 13.3 Å². The first-order chi connectivity index (χ1) is 7.16. The molecule has 0 atom stereocenters. The second-order valence-corrected chi connectivity index (χ2v) is 3.91. The van der Waals surface area contributed by atoms with Gasteiger partial charge in [0.05, 0.1) is 13.2 Å². The molecule has 0 aromatic rings. The number of ether oxygens (including phenoxy) is 1. The number of nitrogens with zero attached hydrogens (tertiary/aromatic N) is 1. The Hall–Kier alpha value is -0.610. The fourth-order valence-electron chi connectivity index (χ4n) is 1.09. The highest BCUT2D eigenvalue weighted by molar-refractivity contribution is 5.71. The SMILES string of the molecule is CCCCOC(=O)CNCCCN(C)C. The molecular weight excluding hydrogens is 192 g/mol. The van der Waals surface area contributed by atoms with Gasteiger partial charge in [0, 0.05) is 0 Å². The van der Waals surface area contributed by atoms with Gasteiger partial charge in [-0.3, -0.25) is 4.79 Å². The molecular formula is C11H24N2O2. The van der Waals surface area contributed by atoms with Crippen LogP contribution in [-0.4, -0.2) is 51.2 Å². The molecule has 0 unspecified atom stereocenters. The van der Waals surface area contributed by atoms with Crippen molar-refractivity contribution in [3.05, 3.63) is 0 Å². The Morgan fingerprint density at radius 1 is 1.33 bits per heavy atom. The van der Waals surface area contributed by atoms with Crippen molar-refractivity contribution in [1.82, 2.24) is 10.2 Å². The molecule has 0 spiro atoms. The van der Waals surface area contributed by atoms with Gasteiger partial charge in [0.1, 0.15) is 0 Å². The summed E-state index contributed by atoms with van der Waals surface area (Å²) in [4.78, 5) is 13.2. The zero-order chi connectivity index (χ0) is 11.5. The van der Waals surface area contributed by atoms with Crippen LogP contribution in [0.5, 0.6) is 0 Å². The van der Waals surface area contributed by atoms with Gasteiger partial charge in [0.2, 0.25) is 0 Å². The van der Waals surface area contributed by atoms with Crippen LogP contribution in [0.15, 0.2) is 0 Å². The molecule has 0 aromatic heterocycles. The van der Waals surface area contributed by atoms with Crippen LogP contribution in [0, 0.1) is 0 Å². The summed E-state index contributed by atoms with van der Waals surface area (Å²) in [6.07, 6.45) is 3.06. The van der Waals surface area contributed by atoms with Crippen LogP contribution in [0.25, 0.3) is 0 Å². The largest absolute Gasteiger partial charge is 0.465 e. The van der Waals surface area contributed by atoms with Crippen molar-refractivity contribution in [2.45, 2.75) is 26.2 Å². The summed E-state index contributed by atoms with van der Waals surface area (Å²) in [6, 6.07) is 0. The average molecular weight is 216 g/mol. The maximum absolute atomic E-state index is 11.1. The van der Waals surface area contributed by atoms with Gasteiger partial charge in [0.25, 0.3) is 0 Å². The maximum Gasteiger partial charge on any atom is 0.319 e. The Bertz CT molecular complexity index is 161. The third-order valence-corrected chi connectivity index (χ3v) is 1.99. The van der Waals surface area contributed by atoms with E-state index in [1.54, 1.807) is 0 Å². The van der Waals surface area contributed by atoms with Crippen LogP contribution in [0.2, 0.25) is 0 Å². The van der Waals surface area contributed by atoms with Crippen molar-refractivity contribution in [1.29, 1.82) is 0 Å². The van der Waals surface area contributed by atoms with E-state index in [9.17, 15) is 4.79 Å². The number of rotatable bonds is 9. The van der Waals surface area contributed by atoms with E-state index in [1.165, 1.54) is 0 Å². The number of hydrogen-bond donors (Lipinski definition) is 1. The average Bonchev–Trinajstić information content (AvgIpc) is 2.17. The molecule has 0 aromatic carbocycles. The Labute approximate surface area is 93.0 Å². The van der Waals surface area contributed by atoms with Gasteiger partial charge >= 0.3 is 5.97 Å². The molecule has 0 aliphatic carbocycles. The second-order valence-electron chi connectivity index (χ2n) is 3.91. The molecule has 0 saturated carbocycles. The first-order valence-corrected chi connectivity index (χ1v) is 5.68. The van der Waals surface area contributed by atoms with Crippen LogP contribution >= 0.6 is 0 Å². The third kappa shape index (κ3) is 11.3. The van der Waals surface area contributed by atoms with Gasteiger partial charge in [-0.2, -0.15) is 0 Å². The molecule has 90 valence electrons. The summed E-state index contributed by atoms with van der Waals surface area (Å²) in [5, 5.41) is 3.07. The number of esters is 1. The number of carbonyl (C=O) groups is 1. The summed E-state index contributed by atoms with van der Waals surface area (Å²) in [5.41, 5.74) is 0. The van der Waals surface area contributed by atoms with E-state index in [2.05, 4.69) is 17.1 Å². The molecule has 4 nitrogen and oxygen atoms in total. The first-order valence-electron chi connectivity index (χ1n) is 5.68. The van der Waals surface area contributed by atoms with E-state index in [-0.39, 0.29) is 5.97 Å². The lowest BCUT2D eigenvalue weighted by atomic mass is 10.4. The number of hydrogen-bond acceptors (Lipinski definition) is 4. The molecule has 15 heavy (non-hydrogen) atoms. The Morgan fingerprint density at radius 2 is 2.07 bits per heavy atom. The van der Waals surface area contributed by atoms with Crippen molar-refractivity contribution >= 4 is 5.97 Å². The summed E-state index contributed by atoms with van der Waals surface area (Å²) < 4.78 is 5.00. The highest BCUT2D eigenvalue weighted by Gasteiger charge is 2.00. The highest BCUT2D eigenvalue weighted by atomic mass is 16.5. The second kappa shape index (κ2) is 9.93. The van der Waals surface area contributed by atoms with Crippen molar-refractivity contribution < 1.29 is 9.53 Å². The Balaban J connectivity index is 3.17. The molecule has 0 fully saturated rings. The van der Waals surface area contributed by atoms with Gasteiger partial charge in [-0.25, -0.2) is 0 Å². The highest BCUT2D eigenvalue weighted by Crippen LogP contribution is 1.88. The molecule has 4 heteroatoms. The number of carbonyl (C=O) groups excluding carboxylic acids is 1. The fourth-order valence-corrected chi connectivity index (χ4v) is 1.09. The van der Waals surface area contributed by atoms with Gasteiger partial charge in [-0.15, -0.1) is 0 Å². The predicted octanol–water partition coefficient (Wildman–Crippen LogP) is 0.871. The molecule has 1 N–H and O–H groups in total. The predicted molar refractivity (Wildman–Crippen MR) is 61.9 cm³/mol. The Kier molecular flexibility index (Phi) is 9.52.